The van der Waals surface area contributed by atoms with E-state index in [0.29, 0.717) is 39.6 Å². The van der Waals surface area contributed by atoms with Gasteiger partial charge in [-0.05, 0) is 41.5 Å². The molecule has 0 fully saturated rings. The second-order valence-corrected chi connectivity index (χ2v) is 8.86. The highest BCUT2D eigenvalue weighted by atomic mass is 31.2. The fourth-order valence-corrected chi connectivity index (χ4v) is 3.94. The molecular weight excluding hydrogens is 527 g/mol. The normalized spacial score (nSPS) is 12.4. The largest absolute Gasteiger partial charge is 0.475 e. The van der Waals surface area contributed by atoms with Gasteiger partial charge >= 0.3 is 7.82 Å². The van der Waals surface area contributed by atoms with E-state index in [9.17, 15) is 4.57 Å². The molecule has 0 unspecified atom stereocenters. The van der Waals surface area contributed by atoms with E-state index in [4.69, 9.17) is 56.2 Å². The summed E-state index contributed by atoms with van der Waals surface area (Å²) in [7, 11) is -3.91. The van der Waals surface area contributed by atoms with Crippen LogP contribution in [0.5, 0.6) is 0 Å². The first-order chi connectivity index (χ1) is 18.5. The van der Waals surface area contributed by atoms with E-state index in [1.54, 1.807) is 0 Å². The molecule has 0 atom stereocenters. The zero-order chi connectivity index (χ0) is 28.3. The number of phosphoric ester groups is 1. The molecule has 0 N–H and O–H groups in total. The molecule has 0 aromatic carbocycles. The van der Waals surface area contributed by atoms with Crippen molar-refractivity contribution in [3.63, 3.8) is 0 Å². The highest BCUT2D eigenvalue weighted by Crippen LogP contribution is 2.49. The van der Waals surface area contributed by atoms with Crippen molar-refractivity contribution in [2.45, 2.75) is 60.4 Å². The number of hydrogen-bond donors (Lipinski definition) is 0. The van der Waals surface area contributed by atoms with Crippen LogP contribution in [-0.4, -0.2) is 118 Å². The van der Waals surface area contributed by atoms with Gasteiger partial charge in [-0.1, -0.05) is 0 Å². The Morgan fingerprint density at radius 2 is 0.658 bits per heavy atom. The lowest BCUT2D eigenvalue weighted by Gasteiger charge is -2.20. The van der Waals surface area contributed by atoms with Crippen molar-refractivity contribution in [1.82, 2.24) is 0 Å². The van der Waals surface area contributed by atoms with Gasteiger partial charge < -0.3 is 42.6 Å². The number of rotatable bonds is 30. The Kier molecular flexibility index (Phi) is 26.8. The SMILES string of the molecule is CCOC(COCCOP(=O)(OCCOCC(OCC)OCC)OCCOCC(OCC)OCC)OCC. The molecule has 0 bridgehead atoms. The molecule has 0 saturated carbocycles. The molecule has 0 rings (SSSR count). The van der Waals surface area contributed by atoms with Crippen molar-refractivity contribution in [2.75, 3.05) is 99.1 Å². The van der Waals surface area contributed by atoms with E-state index in [0.717, 1.165) is 0 Å². The maximum Gasteiger partial charge on any atom is 0.475 e. The average Bonchev–Trinajstić information content (AvgIpc) is 2.89. The van der Waals surface area contributed by atoms with Gasteiger partial charge in [0.2, 0.25) is 0 Å². The summed E-state index contributed by atoms with van der Waals surface area (Å²) < 4.78 is 78.5. The lowest BCUT2D eigenvalue weighted by Crippen LogP contribution is -2.25. The molecule has 0 saturated heterocycles. The molecular formula is C24H51O13P. The highest BCUT2D eigenvalue weighted by molar-refractivity contribution is 7.48. The van der Waals surface area contributed by atoms with Crippen molar-refractivity contribution in [3.8, 4) is 0 Å². The summed E-state index contributed by atoms with van der Waals surface area (Å²) in [5.41, 5.74) is 0. The number of phosphoric acid groups is 1. The Labute approximate surface area is 228 Å². The molecule has 0 spiro atoms. The van der Waals surface area contributed by atoms with Gasteiger partial charge in [-0.2, -0.15) is 0 Å². The van der Waals surface area contributed by atoms with Gasteiger partial charge in [0.15, 0.2) is 18.9 Å². The van der Waals surface area contributed by atoms with Gasteiger partial charge in [0.05, 0.1) is 59.5 Å². The average molecular weight is 579 g/mol. The van der Waals surface area contributed by atoms with Gasteiger partial charge in [0.25, 0.3) is 0 Å². The first-order valence-corrected chi connectivity index (χ1v) is 14.9. The Morgan fingerprint density at radius 3 is 0.868 bits per heavy atom. The molecule has 0 heterocycles. The summed E-state index contributed by atoms with van der Waals surface area (Å²) in [5, 5.41) is 0. The van der Waals surface area contributed by atoms with Crippen LogP contribution >= 0.6 is 7.82 Å². The summed E-state index contributed by atoms with van der Waals surface area (Å²) in [6.07, 6.45) is -1.44. The predicted octanol–water partition coefficient (Wildman–Crippen LogP) is 3.39. The second kappa shape index (κ2) is 26.9. The predicted molar refractivity (Wildman–Crippen MR) is 139 cm³/mol. The lowest BCUT2D eigenvalue weighted by atomic mass is 10.6. The third-order valence-corrected chi connectivity index (χ3v) is 5.80. The number of hydrogen-bond acceptors (Lipinski definition) is 13. The van der Waals surface area contributed by atoms with Crippen LogP contribution in [0.1, 0.15) is 41.5 Å². The maximum absolute atomic E-state index is 13.1. The molecule has 0 aliphatic carbocycles. The Morgan fingerprint density at radius 1 is 0.421 bits per heavy atom. The molecule has 0 radical (unpaired) electrons. The van der Waals surface area contributed by atoms with Crippen LogP contribution in [0, 0.1) is 0 Å². The van der Waals surface area contributed by atoms with Crippen LogP contribution in [-0.2, 0) is 60.8 Å². The van der Waals surface area contributed by atoms with Crippen LogP contribution in [0.4, 0.5) is 0 Å². The first-order valence-electron chi connectivity index (χ1n) is 13.4. The summed E-state index contributed by atoms with van der Waals surface area (Å²) >= 11 is 0. The smallest absolute Gasteiger partial charge is 0.374 e. The fourth-order valence-electron chi connectivity index (χ4n) is 2.82. The van der Waals surface area contributed by atoms with Gasteiger partial charge in [-0.15, -0.1) is 0 Å². The van der Waals surface area contributed by atoms with Crippen molar-refractivity contribution in [3.05, 3.63) is 0 Å². The topological polar surface area (TPSA) is 128 Å². The van der Waals surface area contributed by atoms with E-state index < -0.39 is 26.7 Å². The molecule has 0 aromatic heterocycles. The van der Waals surface area contributed by atoms with E-state index in [1.165, 1.54) is 0 Å². The fraction of sp³-hybridized carbons (Fsp3) is 1.00. The first kappa shape index (κ1) is 37.8. The quantitative estimate of drug-likeness (QED) is 0.0702. The minimum atomic E-state index is -3.91. The molecule has 38 heavy (non-hydrogen) atoms. The van der Waals surface area contributed by atoms with E-state index in [-0.39, 0.29) is 59.5 Å². The molecule has 0 aliphatic rings. The second-order valence-electron chi connectivity index (χ2n) is 7.19. The van der Waals surface area contributed by atoms with Gasteiger partial charge in [-0.25, -0.2) is 4.57 Å². The molecule has 13 nitrogen and oxygen atoms in total. The molecule has 230 valence electrons. The zero-order valence-corrected chi connectivity index (χ0v) is 25.0. The van der Waals surface area contributed by atoms with Gasteiger partial charge in [-0.3, -0.25) is 13.6 Å². The zero-order valence-electron chi connectivity index (χ0n) is 24.1. The minimum Gasteiger partial charge on any atom is -0.374 e. The third-order valence-electron chi connectivity index (χ3n) is 4.31. The monoisotopic (exact) mass is 578 g/mol. The van der Waals surface area contributed by atoms with Crippen LogP contribution < -0.4 is 0 Å². The Hall–Kier alpha value is -0.250. The van der Waals surface area contributed by atoms with Crippen LogP contribution in [0.25, 0.3) is 0 Å². The van der Waals surface area contributed by atoms with E-state index >= 15 is 0 Å². The molecule has 14 heteroatoms. The van der Waals surface area contributed by atoms with E-state index in [1.807, 2.05) is 41.5 Å². The van der Waals surface area contributed by atoms with Crippen molar-refractivity contribution in [2.24, 2.45) is 0 Å². The summed E-state index contributed by atoms with van der Waals surface area (Å²) in [4.78, 5) is 0. The molecule has 0 aliphatic heterocycles. The highest BCUT2D eigenvalue weighted by Gasteiger charge is 2.27. The van der Waals surface area contributed by atoms with Crippen molar-refractivity contribution >= 4 is 7.82 Å². The maximum atomic E-state index is 13.1. The number of ether oxygens (including phenoxy) is 9. The van der Waals surface area contributed by atoms with Gasteiger partial charge in [0.1, 0.15) is 0 Å². The van der Waals surface area contributed by atoms with Crippen LogP contribution in [0.3, 0.4) is 0 Å². The van der Waals surface area contributed by atoms with Crippen LogP contribution in [0.15, 0.2) is 0 Å². The Balaban J connectivity index is 4.59. The summed E-state index contributed by atoms with van der Waals surface area (Å²) in [6, 6.07) is 0. The van der Waals surface area contributed by atoms with Crippen LogP contribution in [0.2, 0.25) is 0 Å². The van der Waals surface area contributed by atoms with Crippen molar-refractivity contribution < 1.29 is 60.8 Å². The van der Waals surface area contributed by atoms with E-state index in [2.05, 4.69) is 0 Å². The molecule has 0 amide bonds. The van der Waals surface area contributed by atoms with Crippen molar-refractivity contribution in [1.29, 1.82) is 0 Å². The van der Waals surface area contributed by atoms with Gasteiger partial charge in [0, 0.05) is 39.6 Å². The Bertz CT molecular complexity index is 454. The third kappa shape index (κ3) is 21.6. The standard InChI is InChI=1S/C24H51O13P/c1-7-29-22(30-8-2)19-26-13-16-35-38(25,36-17-14-27-20-23(31-9-3)32-10-4)37-18-15-28-21-24(33-11-5)34-12-6/h22-24H,7-21H2,1-6H3. The molecule has 0 aromatic rings. The summed E-state index contributed by atoms with van der Waals surface area (Å²) in [5.74, 6) is 0. The lowest BCUT2D eigenvalue weighted by molar-refractivity contribution is -0.169. The minimum absolute atomic E-state index is 0.0303. The summed E-state index contributed by atoms with van der Waals surface area (Å²) in [6.45, 7) is 15.1.